The fraction of sp³-hybridized carbons (Fsp3) is 0.625. The van der Waals surface area contributed by atoms with Crippen molar-refractivity contribution >= 4 is 28.6 Å². The third-order valence-electron chi connectivity index (χ3n) is 1.87. The molecule has 0 radical (unpaired) electrons. The number of aliphatic carboxylic acids is 1. The highest BCUT2D eigenvalue weighted by atomic mass is 35.5. The lowest BCUT2D eigenvalue weighted by molar-refractivity contribution is -0.142. The molecule has 0 unspecified atom stereocenters. The van der Waals surface area contributed by atoms with E-state index in [9.17, 15) is 9.59 Å². The Hall–Kier alpha value is -1.30. The summed E-state index contributed by atoms with van der Waals surface area (Å²) in [5.74, 6) is -1.50. The Morgan fingerprint density at radius 1 is 1.80 bits per heavy atom. The summed E-state index contributed by atoms with van der Waals surface area (Å²) >= 11 is 5.57. The maximum Gasteiger partial charge on any atom is 0.326 e. The lowest BCUT2D eigenvalue weighted by Gasteiger charge is -2.15. The van der Waals surface area contributed by atoms with E-state index in [2.05, 4.69) is 10.5 Å². The topological polar surface area (TPSA) is 88.0 Å². The summed E-state index contributed by atoms with van der Waals surface area (Å²) in [4.78, 5) is 26.4. The summed E-state index contributed by atoms with van der Waals surface area (Å²) in [6.45, 7) is 1.26. The van der Waals surface area contributed by atoms with Gasteiger partial charge in [0, 0.05) is 19.8 Å². The van der Waals surface area contributed by atoms with Crippen LogP contribution in [0.5, 0.6) is 0 Å². The lowest BCUT2D eigenvalue weighted by atomic mass is 10.1. The number of nitrogens with zero attached hydrogens (tertiary/aromatic N) is 1. The van der Waals surface area contributed by atoms with Crippen molar-refractivity contribution in [1.82, 2.24) is 5.32 Å². The Morgan fingerprint density at radius 3 is 2.87 bits per heavy atom. The van der Waals surface area contributed by atoms with Crippen molar-refractivity contribution in [1.29, 1.82) is 0 Å². The van der Waals surface area contributed by atoms with Gasteiger partial charge in [0.25, 0.3) is 0 Å². The van der Waals surface area contributed by atoms with Crippen LogP contribution in [-0.4, -0.2) is 34.3 Å². The highest BCUT2D eigenvalue weighted by Crippen LogP contribution is 2.17. The average molecular weight is 235 g/mol. The first-order valence-corrected chi connectivity index (χ1v) is 4.75. The van der Waals surface area contributed by atoms with Crippen LogP contribution in [0.3, 0.4) is 0 Å². The van der Waals surface area contributed by atoms with Gasteiger partial charge < -0.3 is 15.3 Å². The van der Waals surface area contributed by atoms with E-state index in [-0.39, 0.29) is 12.5 Å². The van der Waals surface area contributed by atoms with Crippen LogP contribution < -0.4 is 5.32 Å². The van der Waals surface area contributed by atoms with Crippen LogP contribution in [0.15, 0.2) is 5.16 Å². The largest absolute Gasteiger partial charge is 0.480 e. The normalized spacial score (nSPS) is 21.5. The molecule has 0 saturated carbocycles. The van der Waals surface area contributed by atoms with E-state index >= 15 is 0 Å². The first-order valence-electron chi connectivity index (χ1n) is 4.37. The first kappa shape index (κ1) is 11.8. The summed E-state index contributed by atoms with van der Waals surface area (Å²) in [7, 11) is 0. The maximum atomic E-state index is 10.8. The molecule has 0 fully saturated rings. The van der Waals surface area contributed by atoms with Gasteiger partial charge in [0.15, 0.2) is 0 Å². The molecule has 0 saturated heterocycles. The number of carbonyl (C=O) groups excluding carboxylic acids is 1. The number of carbonyl (C=O) groups is 2. The molecular formula is C8H11ClN2O4. The number of rotatable bonds is 4. The van der Waals surface area contributed by atoms with Crippen molar-refractivity contribution in [3.8, 4) is 0 Å². The van der Waals surface area contributed by atoms with Crippen molar-refractivity contribution in [2.45, 2.75) is 31.9 Å². The minimum atomic E-state index is -1.10. The minimum Gasteiger partial charge on any atom is -0.480 e. The van der Waals surface area contributed by atoms with E-state index in [0.717, 1.165) is 0 Å². The van der Waals surface area contributed by atoms with Gasteiger partial charge in [0.1, 0.15) is 17.3 Å². The molecule has 6 nitrogen and oxygen atoms in total. The quantitative estimate of drug-likeness (QED) is 0.733. The third-order valence-corrected chi connectivity index (χ3v) is 2.09. The zero-order chi connectivity index (χ0) is 11.4. The highest BCUT2D eigenvalue weighted by Gasteiger charge is 2.28. The summed E-state index contributed by atoms with van der Waals surface area (Å²) in [5.41, 5.74) is 0. The van der Waals surface area contributed by atoms with Crippen LogP contribution >= 0.6 is 11.6 Å². The summed E-state index contributed by atoms with van der Waals surface area (Å²) < 4.78 is 0. The Labute approximate surface area is 91.2 Å². The van der Waals surface area contributed by atoms with Crippen molar-refractivity contribution < 1.29 is 19.5 Å². The second kappa shape index (κ2) is 4.97. The molecule has 1 heterocycles. The monoisotopic (exact) mass is 234 g/mol. The molecule has 0 aromatic heterocycles. The van der Waals surface area contributed by atoms with E-state index in [1.165, 1.54) is 6.92 Å². The van der Waals surface area contributed by atoms with Gasteiger partial charge in [-0.3, -0.25) is 4.79 Å². The van der Waals surface area contributed by atoms with Crippen LogP contribution in [0.25, 0.3) is 0 Å². The molecule has 7 heteroatoms. The summed E-state index contributed by atoms with van der Waals surface area (Å²) in [6, 6.07) is -0.967. The molecule has 0 aromatic carbocycles. The van der Waals surface area contributed by atoms with E-state index in [4.69, 9.17) is 21.5 Å². The van der Waals surface area contributed by atoms with Crippen LogP contribution in [-0.2, 0) is 14.4 Å². The predicted molar refractivity (Wildman–Crippen MR) is 52.6 cm³/mol. The molecule has 0 spiro atoms. The van der Waals surface area contributed by atoms with E-state index < -0.39 is 17.9 Å². The fourth-order valence-corrected chi connectivity index (χ4v) is 1.46. The van der Waals surface area contributed by atoms with Crippen LogP contribution in [0.4, 0.5) is 0 Å². The zero-order valence-corrected chi connectivity index (χ0v) is 8.82. The second-order valence-corrected chi connectivity index (χ2v) is 3.66. The predicted octanol–water partition coefficient (Wildman–Crippen LogP) is 0.307. The summed E-state index contributed by atoms with van der Waals surface area (Å²) in [6.07, 6.45) is 0.143. The van der Waals surface area contributed by atoms with Crippen molar-refractivity contribution in [2.75, 3.05) is 0 Å². The van der Waals surface area contributed by atoms with Crippen molar-refractivity contribution in [2.24, 2.45) is 5.16 Å². The number of halogens is 1. The highest BCUT2D eigenvalue weighted by molar-refractivity contribution is 6.65. The lowest BCUT2D eigenvalue weighted by Crippen LogP contribution is -2.41. The molecule has 1 rings (SSSR count). The van der Waals surface area contributed by atoms with Crippen molar-refractivity contribution in [3.05, 3.63) is 0 Å². The third kappa shape index (κ3) is 3.75. The van der Waals surface area contributed by atoms with Gasteiger partial charge in [-0.15, -0.1) is 0 Å². The van der Waals surface area contributed by atoms with Gasteiger partial charge in [-0.25, -0.2) is 4.79 Å². The van der Waals surface area contributed by atoms with Crippen LogP contribution in [0.1, 0.15) is 19.8 Å². The molecule has 1 amide bonds. The van der Waals surface area contributed by atoms with E-state index in [1.807, 2.05) is 0 Å². The number of carboxylic acid groups (broad SMARTS) is 1. The number of amides is 1. The Morgan fingerprint density at radius 2 is 2.47 bits per heavy atom. The molecule has 0 aromatic rings. The minimum absolute atomic E-state index is 0.147. The molecular weight excluding hydrogens is 224 g/mol. The Bertz CT molecular complexity index is 305. The SMILES string of the molecule is CC(=O)N[C@H](C[C@@H]1CC(Cl)=NO1)C(=O)O. The Kier molecular flexibility index (Phi) is 3.90. The van der Waals surface area contributed by atoms with Gasteiger partial charge in [0.2, 0.25) is 5.91 Å². The molecule has 2 N–H and O–H groups in total. The molecule has 0 bridgehead atoms. The van der Waals surface area contributed by atoms with Crippen LogP contribution in [0.2, 0.25) is 0 Å². The smallest absolute Gasteiger partial charge is 0.326 e. The standard InChI is InChI=1S/C8H11ClN2O4/c1-4(12)10-6(8(13)14)2-5-3-7(9)11-15-5/h5-6H,2-3H2,1H3,(H,10,12)(H,13,14)/t5-,6-/m1/s1. The fourth-order valence-electron chi connectivity index (χ4n) is 1.25. The maximum absolute atomic E-state index is 10.8. The number of oxime groups is 1. The number of hydrogen-bond donors (Lipinski definition) is 2. The molecule has 1 aliphatic rings. The molecule has 1 aliphatic heterocycles. The number of carboxylic acids is 1. The average Bonchev–Trinajstić information content (AvgIpc) is 2.49. The molecule has 2 atom stereocenters. The molecule has 0 aliphatic carbocycles. The number of hydrogen-bond acceptors (Lipinski definition) is 4. The van der Waals surface area contributed by atoms with Gasteiger partial charge in [-0.1, -0.05) is 16.8 Å². The van der Waals surface area contributed by atoms with Crippen molar-refractivity contribution in [3.63, 3.8) is 0 Å². The molecule has 15 heavy (non-hydrogen) atoms. The van der Waals surface area contributed by atoms with E-state index in [0.29, 0.717) is 11.6 Å². The van der Waals surface area contributed by atoms with Gasteiger partial charge in [0.05, 0.1) is 0 Å². The second-order valence-electron chi connectivity index (χ2n) is 3.23. The first-order chi connectivity index (χ1) is 6.99. The van der Waals surface area contributed by atoms with Crippen LogP contribution in [0, 0.1) is 0 Å². The van der Waals surface area contributed by atoms with Gasteiger partial charge >= 0.3 is 5.97 Å². The number of nitrogens with one attached hydrogen (secondary N) is 1. The van der Waals surface area contributed by atoms with Gasteiger partial charge in [-0.2, -0.15) is 0 Å². The Balaban J connectivity index is 2.45. The zero-order valence-electron chi connectivity index (χ0n) is 8.07. The molecule has 84 valence electrons. The summed E-state index contributed by atoms with van der Waals surface area (Å²) in [5, 5.41) is 14.9. The van der Waals surface area contributed by atoms with E-state index in [1.54, 1.807) is 0 Å². The van der Waals surface area contributed by atoms with Gasteiger partial charge in [-0.05, 0) is 0 Å².